The smallest absolute Gasteiger partial charge is 0.247 e. The van der Waals surface area contributed by atoms with Gasteiger partial charge in [0.05, 0.1) is 7.11 Å². The number of rotatable bonds is 3. The summed E-state index contributed by atoms with van der Waals surface area (Å²) in [6.45, 7) is 0. The van der Waals surface area contributed by atoms with Crippen LogP contribution in [0.2, 0.25) is 0 Å². The Morgan fingerprint density at radius 3 is 2.59 bits per heavy atom. The summed E-state index contributed by atoms with van der Waals surface area (Å²) in [5.41, 5.74) is 3.46. The quantitative estimate of drug-likeness (QED) is 0.488. The molecule has 1 aliphatic heterocycles. The number of ether oxygens (including phenoxy) is 2. The van der Waals surface area contributed by atoms with Crippen LogP contribution in [0.5, 0.6) is 11.6 Å². The highest BCUT2D eigenvalue weighted by Gasteiger charge is 2.27. The van der Waals surface area contributed by atoms with Crippen molar-refractivity contribution in [1.29, 1.82) is 0 Å². The van der Waals surface area contributed by atoms with Crippen molar-refractivity contribution in [2.45, 2.75) is 11.4 Å². The Morgan fingerprint density at radius 1 is 0.966 bits per heavy atom. The highest BCUT2D eigenvalue weighted by Crippen LogP contribution is 2.41. The number of methoxy groups -OCH3 is 1. The molecule has 0 saturated heterocycles. The average molecular weight is 402 g/mol. The lowest BCUT2D eigenvalue weighted by Gasteiger charge is -2.21. The number of thioether (sulfide) groups is 1. The molecule has 6 nitrogen and oxygen atoms in total. The van der Waals surface area contributed by atoms with Crippen LogP contribution in [0.25, 0.3) is 22.0 Å². The second-order valence-electron chi connectivity index (χ2n) is 6.54. The number of nitrogens with zero attached hydrogens (tertiary/aromatic N) is 3. The number of hydrogen-bond acceptors (Lipinski definition) is 7. The Balaban J connectivity index is 1.71. The SMILES string of the molecule is COc1ccc(C2Nc3ccccc3-c3nnc(SC)nc3O2)c2ccccc12. The van der Waals surface area contributed by atoms with E-state index in [1.54, 1.807) is 7.11 Å². The van der Waals surface area contributed by atoms with Gasteiger partial charge in [0.15, 0.2) is 11.9 Å². The summed E-state index contributed by atoms with van der Waals surface area (Å²) in [5.74, 6) is 1.29. The first-order valence-corrected chi connectivity index (χ1v) is 10.4. The van der Waals surface area contributed by atoms with Crippen LogP contribution in [0.1, 0.15) is 11.8 Å². The fourth-order valence-electron chi connectivity index (χ4n) is 3.58. The van der Waals surface area contributed by atoms with Crippen LogP contribution in [0.3, 0.4) is 0 Å². The number of hydrogen-bond donors (Lipinski definition) is 1. The molecular weight excluding hydrogens is 384 g/mol. The van der Waals surface area contributed by atoms with Gasteiger partial charge in [0.1, 0.15) is 5.75 Å². The minimum absolute atomic E-state index is 0.445. The maximum Gasteiger partial charge on any atom is 0.247 e. The number of nitrogens with one attached hydrogen (secondary N) is 1. The Morgan fingerprint density at radius 2 is 1.76 bits per heavy atom. The lowest BCUT2D eigenvalue weighted by Crippen LogP contribution is -2.17. The molecule has 144 valence electrons. The van der Waals surface area contributed by atoms with E-state index in [1.807, 2.05) is 60.9 Å². The number of aromatic nitrogens is 3. The van der Waals surface area contributed by atoms with E-state index < -0.39 is 6.23 Å². The van der Waals surface area contributed by atoms with E-state index in [1.165, 1.54) is 11.8 Å². The zero-order valence-electron chi connectivity index (χ0n) is 15.9. The summed E-state index contributed by atoms with van der Waals surface area (Å²) in [6, 6.07) is 20.1. The van der Waals surface area contributed by atoms with E-state index in [9.17, 15) is 0 Å². The van der Waals surface area contributed by atoms with Crippen molar-refractivity contribution in [2.75, 3.05) is 18.7 Å². The van der Waals surface area contributed by atoms with Gasteiger partial charge < -0.3 is 14.8 Å². The lowest BCUT2D eigenvalue weighted by molar-refractivity contribution is 0.226. The molecule has 0 spiro atoms. The Hall–Kier alpha value is -3.32. The van der Waals surface area contributed by atoms with Crippen LogP contribution in [-0.4, -0.2) is 28.5 Å². The second-order valence-corrected chi connectivity index (χ2v) is 7.32. The largest absolute Gasteiger partial charge is 0.496 e. The van der Waals surface area contributed by atoms with Crippen molar-refractivity contribution >= 4 is 28.2 Å². The third kappa shape index (κ3) is 3.03. The van der Waals surface area contributed by atoms with Gasteiger partial charge >= 0.3 is 0 Å². The molecule has 1 atom stereocenters. The van der Waals surface area contributed by atoms with E-state index in [-0.39, 0.29) is 0 Å². The van der Waals surface area contributed by atoms with Gasteiger partial charge in [0.2, 0.25) is 11.0 Å². The van der Waals surface area contributed by atoms with Crippen molar-refractivity contribution in [3.63, 3.8) is 0 Å². The first-order valence-electron chi connectivity index (χ1n) is 9.15. The molecule has 0 bridgehead atoms. The summed E-state index contributed by atoms with van der Waals surface area (Å²) in [6.07, 6.45) is 1.47. The molecule has 5 rings (SSSR count). The number of anilines is 1. The van der Waals surface area contributed by atoms with Crippen LogP contribution in [0.15, 0.2) is 65.8 Å². The molecule has 1 N–H and O–H groups in total. The Labute approximate surface area is 172 Å². The molecule has 7 heteroatoms. The molecule has 4 aromatic rings. The normalized spacial score (nSPS) is 14.9. The summed E-state index contributed by atoms with van der Waals surface area (Å²) < 4.78 is 11.9. The fourth-order valence-corrected chi connectivity index (χ4v) is 3.87. The van der Waals surface area contributed by atoms with Crippen molar-refractivity contribution in [2.24, 2.45) is 0 Å². The Kier molecular flexibility index (Phi) is 4.44. The molecule has 3 aromatic carbocycles. The van der Waals surface area contributed by atoms with Gasteiger partial charge in [-0.1, -0.05) is 54.2 Å². The predicted octanol–water partition coefficient (Wildman–Crippen LogP) is 4.93. The average Bonchev–Trinajstić information content (AvgIpc) is 2.94. The van der Waals surface area contributed by atoms with Crippen molar-refractivity contribution in [1.82, 2.24) is 15.2 Å². The molecule has 0 saturated carbocycles. The van der Waals surface area contributed by atoms with Crippen molar-refractivity contribution < 1.29 is 9.47 Å². The fraction of sp³-hybridized carbons (Fsp3) is 0.136. The van der Waals surface area contributed by atoms with Crippen LogP contribution in [0.4, 0.5) is 5.69 Å². The molecular formula is C22H18N4O2S. The van der Waals surface area contributed by atoms with Crippen LogP contribution in [0, 0.1) is 0 Å². The molecule has 29 heavy (non-hydrogen) atoms. The van der Waals surface area contributed by atoms with Gasteiger partial charge in [-0.25, -0.2) is 0 Å². The summed E-state index contributed by atoms with van der Waals surface area (Å²) in [5, 5.41) is 14.8. The number of para-hydroxylation sites is 1. The van der Waals surface area contributed by atoms with Gasteiger partial charge in [-0.2, -0.15) is 4.98 Å². The molecule has 0 amide bonds. The molecule has 1 aliphatic rings. The highest BCUT2D eigenvalue weighted by molar-refractivity contribution is 7.98. The van der Waals surface area contributed by atoms with Crippen molar-refractivity contribution in [3.05, 3.63) is 66.2 Å². The van der Waals surface area contributed by atoms with Gasteiger partial charge in [0, 0.05) is 22.2 Å². The van der Waals surface area contributed by atoms with Crippen molar-refractivity contribution in [3.8, 4) is 22.9 Å². The minimum atomic E-state index is -0.445. The van der Waals surface area contributed by atoms with Crippen LogP contribution < -0.4 is 14.8 Å². The third-order valence-electron chi connectivity index (χ3n) is 4.94. The van der Waals surface area contributed by atoms with Gasteiger partial charge in [-0.3, -0.25) is 0 Å². The van der Waals surface area contributed by atoms with E-state index in [0.29, 0.717) is 16.7 Å². The van der Waals surface area contributed by atoms with E-state index in [0.717, 1.165) is 33.3 Å². The first kappa shape index (κ1) is 17.8. The molecule has 0 aliphatic carbocycles. The topological polar surface area (TPSA) is 69.2 Å². The molecule has 0 radical (unpaired) electrons. The summed E-state index contributed by atoms with van der Waals surface area (Å²) >= 11 is 1.43. The molecule has 1 aromatic heterocycles. The minimum Gasteiger partial charge on any atom is -0.496 e. The van der Waals surface area contributed by atoms with E-state index >= 15 is 0 Å². The molecule has 2 heterocycles. The third-order valence-corrected chi connectivity index (χ3v) is 5.47. The van der Waals surface area contributed by atoms with Crippen LogP contribution >= 0.6 is 11.8 Å². The second kappa shape index (κ2) is 7.25. The maximum absolute atomic E-state index is 6.37. The molecule has 1 unspecified atom stereocenters. The number of benzene rings is 3. The van der Waals surface area contributed by atoms with Crippen LogP contribution in [-0.2, 0) is 0 Å². The highest BCUT2D eigenvalue weighted by atomic mass is 32.2. The standard InChI is InChI=1S/C22H18N4O2S/c1-27-18-12-11-15(13-7-3-4-8-14(13)18)20-23-17-10-6-5-9-16(17)19-21(28-20)24-22(29-2)26-25-19/h3-12,20,23H,1-2H3. The van der Waals surface area contributed by atoms with E-state index in [4.69, 9.17) is 9.47 Å². The summed E-state index contributed by atoms with van der Waals surface area (Å²) in [4.78, 5) is 4.58. The zero-order chi connectivity index (χ0) is 19.8. The zero-order valence-corrected chi connectivity index (χ0v) is 16.7. The predicted molar refractivity (Wildman–Crippen MR) is 115 cm³/mol. The monoisotopic (exact) mass is 402 g/mol. The molecule has 0 fully saturated rings. The lowest BCUT2D eigenvalue weighted by atomic mass is 10.0. The maximum atomic E-state index is 6.37. The summed E-state index contributed by atoms with van der Waals surface area (Å²) in [7, 11) is 1.68. The number of fused-ring (bicyclic) bond motifs is 4. The van der Waals surface area contributed by atoms with Gasteiger partial charge in [-0.15, -0.1) is 10.2 Å². The van der Waals surface area contributed by atoms with Gasteiger partial charge in [-0.05, 0) is 29.8 Å². The van der Waals surface area contributed by atoms with Gasteiger partial charge in [0.25, 0.3) is 0 Å². The van der Waals surface area contributed by atoms with E-state index in [2.05, 4.69) is 26.6 Å². The first-order chi connectivity index (χ1) is 14.3. The Bertz CT molecular complexity index is 1210.